The average molecular weight is 285 g/mol. The van der Waals surface area contributed by atoms with Gasteiger partial charge in [0.1, 0.15) is 0 Å². The molecule has 3 rings (SSSR count). The molecule has 1 aliphatic carbocycles. The monoisotopic (exact) mass is 285 g/mol. The van der Waals surface area contributed by atoms with Crippen molar-refractivity contribution < 1.29 is 0 Å². The molecule has 0 radical (unpaired) electrons. The molecule has 3 heteroatoms. The Morgan fingerprint density at radius 3 is 3.05 bits per heavy atom. The molecule has 2 atom stereocenters. The lowest BCUT2D eigenvalue weighted by atomic mass is 9.82. The molecule has 3 nitrogen and oxygen atoms in total. The van der Waals surface area contributed by atoms with Gasteiger partial charge in [0.25, 0.3) is 0 Å². The highest BCUT2D eigenvalue weighted by Crippen LogP contribution is 2.33. The van der Waals surface area contributed by atoms with Gasteiger partial charge in [0.15, 0.2) is 0 Å². The summed E-state index contributed by atoms with van der Waals surface area (Å²) in [5.74, 6) is 0.599. The molecule has 0 aromatic heterocycles. The van der Waals surface area contributed by atoms with E-state index in [9.17, 15) is 0 Å². The Morgan fingerprint density at radius 1 is 1.48 bits per heavy atom. The van der Waals surface area contributed by atoms with E-state index in [0.717, 1.165) is 32.6 Å². The molecule has 0 saturated carbocycles. The highest BCUT2D eigenvalue weighted by molar-refractivity contribution is 5.37. The third-order valence-corrected chi connectivity index (χ3v) is 5.11. The fourth-order valence-electron chi connectivity index (χ4n) is 3.91. The summed E-state index contributed by atoms with van der Waals surface area (Å²) >= 11 is 0. The largest absolute Gasteiger partial charge is 0.371 e. The van der Waals surface area contributed by atoms with Gasteiger partial charge < -0.3 is 10.6 Å². The van der Waals surface area contributed by atoms with E-state index in [1.807, 2.05) is 0 Å². The van der Waals surface area contributed by atoms with E-state index in [0.29, 0.717) is 5.92 Å². The van der Waals surface area contributed by atoms with E-state index in [-0.39, 0.29) is 5.54 Å². The predicted octanol–water partition coefficient (Wildman–Crippen LogP) is 2.29. The summed E-state index contributed by atoms with van der Waals surface area (Å²) in [4.78, 5) is 4.89. The summed E-state index contributed by atoms with van der Waals surface area (Å²) in [6, 6.07) is 0. The van der Waals surface area contributed by atoms with E-state index in [1.165, 1.54) is 24.1 Å². The van der Waals surface area contributed by atoms with Crippen molar-refractivity contribution in [2.24, 2.45) is 11.7 Å². The van der Waals surface area contributed by atoms with Gasteiger partial charge in [-0.1, -0.05) is 24.3 Å². The van der Waals surface area contributed by atoms with E-state index in [1.54, 1.807) is 5.57 Å². The van der Waals surface area contributed by atoms with E-state index < -0.39 is 0 Å². The minimum Gasteiger partial charge on any atom is -0.371 e. The van der Waals surface area contributed by atoms with Crippen LogP contribution in [0.1, 0.15) is 26.2 Å². The molecule has 2 heterocycles. The van der Waals surface area contributed by atoms with Crippen LogP contribution in [0.3, 0.4) is 0 Å². The van der Waals surface area contributed by atoms with Gasteiger partial charge in [0.2, 0.25) is 0 Å². The van der Waals surface area contributed by atoms with Crippen molar-refractivity contribution in [3.63, 3.8) is 0 Å². The van der Waals surface area contributed by atoms with Crippen LogP contribution >= 0.6 is 0 Å². The number of nitrogens with two attached hydrogens (primary N) is 1. The fourth-order valence-corrected chi connectivity index (χ4v) is 3.91. The van der Waals surface area contributed by atoms with Crippen LogP contribution in [0.25, 0.3) is 0 Å². The van der Waals surface area contributed by atoms with Crippen molar-refractivity contribution in [2.75, 3.05) is 33.2 Å². The number of rotatable bonds is 2. The van der Waals surface area contributed by atoms with Crippen molar-refractivity contribution in [1.82, 2.24) is 9.80 Å². The van der Waals surface area contributed by atoms with Crippen molar-refractivity contribution in [2.45, 2.75) is 31.7 Å². The lowest BCUT2D eigenvalue weighted by Gasteiger charge is -2.36. The van der Waals surface area contributed by atoms with Crippen molar-refractivity contribution >= 4 is 0 Å². The summed E-state index contributed by atoms with van der Waals surface area (Å²) in [6.45, 7) is 10.5. The maximum absolute atomic E-state index is 6.24. The minimum atomic E-state index is -0.145. The molecule has 2 aliphatic heterocycles. The predicted molar refractivity (Wildman–Crippen MR) is 87.8 cm³/mol. The van der Waals surface area contributed by atoms with Gasteiger partial charge in [-0.25, -0.2) is 0 Å². The average Bonchev–Trinajstić information content (AvgIpc) is 2.78. The maximum atomic E-state index is 6.24. The summed E-state index contributed by atoms with van der Waals surface area (Å²) in [7, 11) is 2.15. The van der Waals surface area contributed by atoms with Crippen molar-refractivity contribution in [3.8, 4) is 0 Å². The second-order valence-corrected chi connectivity index (χ2v) is 7.10. The van der Waals surface area contributed by atoms with E-state index >= 15 is 0 Å². The number of nitrogens with zero attached hydrogens (tertiary/aromatic N) is 2. The lowest BCUT2D eigenvalue weighted by Crippen LogP contribution is -2.41. The SMILES string of the molecule is C=C=C1C(CN2CCC3=C(C=CC(C)(N)C3)C2)CCN1C. The Bertz CT molecular complexity index is 535. The fraction of sp³-hybridized carbons (Fsp3) is 0.611. The second-order valence-electron chi connectivity index (χ2n) is 7.10. The van der Waals surface area contributed by atoms with Crippen LogP contribution in [0, 0.1) is 5.92 Å². The molecule has 1 fully saturated rings. The first-order chi connectivity index (χ1) is 9.98. The molecular weight excluding hydrogens is 258 g/mol. The number of likely N-dealkylation sites (tertiary alicyclic amines) is 1. The van der Waals surface area contributed by atoms with Crippen LogP contribution in [0.4, 0.5) is 0 Å². The topological polar surface area (TPSA) is 32.5 Å². The Kier molecular flexibility index (Phi) is 3.83. The molecule has 1 saturated heterocycles. The summed E-state index contributed by atoms with van der Waals surface area (Å²) in [5, 5.41) is 0. The Balaban J connectivity index is 1.65. The van der Waals surface area contributed by atoms with Gasteiger partial charge >= 0.3 is 0 Å². The van der Waals surface area contributed by atoms with E-state index in [2.05, 4.69) is 48.2 Å². The first-order valence-electron chi connectivity index (χ1n) is 8.01. The zero-order valence-corrected chi connectivity index (χ0v) is 13.4. The minimum absolute atomic E-state index is 0.145. The number of hydrogen-bond donors (Lipinski definition) is 1. The third kappa shape index (κ3) is 3.01. The second kappa shape index (κ2) is 5.49. The first-order valence-corrected chi connectivity index (χ1v) is 8.01. The van der Waals surface area contributed by atoms with Crippen LogP contribution < -0.4 is 5.73 Å². The Labute approximate surface area is 128 Å². The smallest absolute Gasteiger partial charge is 0.0600 e. The molecule has 2 unspecified atom stereocenters. The lowest BCUT2D eigenvalue weighted by molar-refractivity contribution is 0.251. The summed E-state index contributed by atoms with van der Waals surface area (Å²) in [6.07, 6.45) is 7.86. The molecule has 0 aromatic carbocycles. The zero-order valence-electron chi connectivity index (χ0n) is 13.4. The van der Waals surface area contributed by atoms with Gasteiger partial charge in [-0.15, -0.1) is 5.73 Å². The molecule has 21 heavy (non-hydrogen) atoms. The quantitative estimate of drug-likeness (QED) is 0.790. The van der Waals surface area contributed by atoms with Crippen LogP contribution in [0.5, 0.6) is 0 Å². The standard InChI is InChI=1S/C18H27N3/c1-4-17-16(6-9-20(17)3)13-21-10-7-14-11-18(2,19)8-5-15(14)12-21/h5,8,16H,1,6-7,9-13,19H2,2-3H3. The third-order valence-electron chi connectivity index (χ3n) is 5.11. The van der Waals surface area contributed by atoms with Gasteiger partial charge in [-0.2, -0.15) is 0 Å². The summed E-state index contributed by atoms with van der Waals surface area (Å²) in [5.41, 5.74) is 13.6. The highest BCUT2D eigenvalue weighted by atomic mass is 15.2. The zero-order chi connectivity index (χ0) is 15.0. The molecular formula is C18H27N3. The van der Waals surface area contributed by atoms with Gasteiger partial charge in [0, 0.05) is 44.7 Å². The first kappa shape index (κ1) is 14.6. The number of hydrogen-bond acceptors (Lipinski definition) is 3. The Hall–Kier alpha value is -1.28. The molecule has 0 aromatic rings. The van der Waals surface area contributed by atoms with Crippen LogP contribution in [-0.4, -0.2) is 48.6 Å². The highest BCUT2D eigenvalue weighted by Gasteiger charge is 2.30. The summed E-state index contributed by atoms with van der Waals surface area (Å²) < 4.78 is 0. The van der Waals surface area contributed by atoms with Gasteiger partial charge in [-0.3, -0.25) is 4.90 Å². The van der Waals surface area contributed by atoms with Crippen molar-refractivity contribution in [3.05, 3.63) is 41.3 Å². The van der Waals surface area contributed by atoms with Gasteiger partial charge in [-0.05, 0) is 31.8 Å². The molecule has 0 bridgehead atoms. The van der Waals surface area contributed by atoms with Crippen molar-refractivity contribution in [1.29, 1.82) is 0 Å². The normalized spacial score (nSPS) is 33.4. The van der Waals surface area contributed by atoms with Crippen LogP contribution in [0.2, 0.25) is 0 Å². The van der Waals surface area contributed by atoms with Gasteiger partial charge in [0.05, 0.1) is 5.70 Å². The van der Waals surface area contributed by atoms with Crippen LogP contribution in [-0.2, 0) is 0 Å². The van der Waals surface area contributed by atoms with Crippen LogP contribution in [0.15, 0.2) is 41.3 Å². The molecule has 0 spiro atoms. The molecule has 2 N–H and O–H groups in total. The molecule has 0 amide bonds. The van der Waals surface area contributed by atoms with E-state index in [4.69, 9.17) is 5.73 Å². The molecule has 3 aliphatic rings. The molecule has 114 valence electrons. The maximum Gasteiger partial charge on any atom is 0.0600 e. The Morgan fingerprint density at radius 2 is 2.29 bits per heavy atom.